The molecule has 0 saturated heterocycles. The molecular formula is C18H20Cl2N2O4S. The Balaban J connectivity index is 2.12. The molecule has 0 aliphatic heterocycles. The lowest BCUT2D eigenvalue weighted by Crippen LogP contribution is -2.40. The molecule has 0 atom stereocenters. The van der Waals surface area contributed by atoms with Crippen molar-refractivity contribution < 1.29 is 17.9 Å². The molecule has 0 saturated carbocycles. The first-order chi connectivity index (χ1) is 12.7. The number of hydrogen-bond acceptors (Lipinski definition) is 4. The van der Waals surface area contributed by atoms with Crippen LogP contribution in [0.15, 0.2) is 42.5 Å². The lowest BCUT2D eigenvalue weighted by molar-refractivity contribution is -0.119. The van der Waals surface area contributed by atoms with E-state index in [-0.39, 0.29) is 13.1 Å². The molecule has 0 fully saturated rings. The zero-order valence-electron chi connectivity index (χ0n) is 14.9. The van der Waals surface area contributed by atoms with Gasteiger partial charge in [0.25, 0.3) is 0 Å². The number of benzene rings is 2. The average molecular weight is 431 g/mol. The van der Waals surface area contributed by atoms with Crippen LogP contribution in [0.5, 0.6) is 5.75 Å². The Hall–Kier alpha value is -1.96. The van der Waals surface area contributed by atoms with E-state index in [1.165, 1.54) is 0 Å². The van der Waals surface area contributed by atoms with E-state index in [0.717, 1.165) is 10.6 Å². The highest BCUT2D eigenvalue weighted by Crippen LogP contribution is 2.23. The molecule has 0 aliphatic rings. The largest absolute Gasteiger partial charge is 0.494 e. The molecule has 0 aromatic heterocycles. The molecule has 0 aliphatic carbocycles. The predicted octanol–water partition coefficient (Wildman–Crippen LogP) is 3.47. The van der Waals surface area contributed by atoms with Gasteiger partial charge in [-0.15, -0.1) is 0 Å². The van der Waals surface area contributed by atoms with E-state index in [9.17, 15) is 13.2 Å². The monoisotopic (exact) mass is 430 g/mol. The van der Waals surface area contributed by atoms with E-state index in [4.69, 9.17) is 27.9 Å². The van der Waals surface area contributed by atoms with Crippen LogP contribution in [-0.4, -0.2) is 33.7 Å². The number of hydrogen-bond donors (Lipinski definition) is 1. The lowest BCUT2D eigenvalue weighted by atomic mass is 10.2. The smallest absolute Gasteiger partial charge is 0.241 e. The van der Waals surface area contributed by atoms with Gasteiger partial charge in [-0.3, -0.25) is 9.10 Å². The normalized spacial score (nSPS) is 11.1. The van der Waals surface area contributed by atoms with Crippen LogP contribution in [0.3, 0.4) is 0 Å². The number of halogens is 2. The molecule has 27 heavy (non-hydrogen) atoms. The van der Waals surface area contributed by atoms with Crippen molar-refractivity contribution >= 4 is 44.8 Å². The van der Waals surface area contributed by atoms with Gasteiger partial charge in [-0.05, 0) is 36.8 Å². The summed E-state index contributed by atoms with van der Waals surface area (Å²) in [6.07, 6.45) is 1.05. The molecular weight excluding hydrogens is 411 g/mol. The highest BCUT2D eigenvalue weighted by Gasteiger charge is 2.21. The van der Waals surface area contributed by atoms with Crippen LogP contribution in [0.2, 0.25) is 10.0 Å². The number of ether oxygens (including phenoxy) is 1. The summed E-state index contributed by atoms with van der Waals surface area (Å²) in [5.74, 6) is 0.0604. The van der Waals surface area contributed by atoms with Gasteiger partial charge in [-0.2, -0.15) is 0 Å². The first-order valence-corrected chi connectivity index (χ1v) is 10.7. The second-order valence-electron chi connectivity index (χ2n) is 5.71. The van der Waals surface area contributed by atoms with E-state index in [0.29, 0.717) is 33.7 Å². The van der Waals surface area contributed by atoms with Gasteiger partial charge in [0.05, 0.1) is 18.6 Å². The first-order valence-electron chi connectivity index (χ1n) is 8.12. The molecule has 0 radical (unpaired) electrons. The Morgan fingerprint density at radius 3 is 2.56 bits per heavy atom. The number of rotatable bonds is 8. The molecule has 2 rings (SSSR count). The summed E-state index contributed by atoms with van der Waals surface area (Å²) in [6, 6.07) is 11.5. The summed E-state index contributed by atoms with van der Waals surface area (Å²) in [5, 5.41) is 3.58. The third kappa shape index (κ3) is 6.30. The quantitative estimate of drug-likeness (QED) is 0.695. The van der Waals surface area contributed by atoms with Gasteiger partial charge in [0, 0.05) is 22.7 Å². The third-order valence-electron chi connectivity index (χ3n) is 3.60. The topological polar surface area (TPSA) is 75.7 Å². The third-order valence-corrected chi connectivity index (χ3v) is 5.32. The number of amides is 1. The molecule has 1 amide bonds. The number of carbonyl (C=O) groups is 1. The predicted molar refractivity (Wildman–Crippen MR) is 108 cm³/mol. The van der Waals surface area contributed by atoms with Crippen LogP contribution >= 0.6 is 23.2 Å². The molecule has 9 heteroatoms. The van der Waals surface area contributed by atoms with Gasteiger partial charge in [0.2, 0.25) is 15.9 Å². The Kier molecular flexibility index (Phi) is 7.35. The average Bonchev–Trinajstić information content (AvgIpc) is 2.58. The second-order valence-corrected chi connectivity index (χ2v) is 8.46. The van der Waals surface area contributed by atoms with Gasteiger partial charge in [0.1, 0.15) is 12.3 Å². The maximum Gasteiger partial charge on any atom is 0.241 e. The van der Waals surface area contributed by atoms with Gasteiger partial charge in [-0.1, -0.05) is 35.3 Å². The minimum atomic E-state index is -3.67. The summed E-state index contributed by atoms with van der Waals surface area (Å²) in [7, 11) is -3.67. The van der Waals surface area contributed by atoms with Crippen molar-refractivity contribution in [3.63, 3.8) is 0 Å². The molecule has 1 N–H and O–H groups in total. The fourth-order valence-corrected chi connectivity index (χ4v) is 3.66. The van der Waals surface area contributed by atoms with Crippen molar-refractivity contribution in [3.05, 3.63) is 58.1 Å². The Labute approximate surface area is 169 Å². The molecule has 0 bridgehead atoms. The van der Waals surface area contributed by atoms with Gasteiger partial charge < -0.3 is 10.1 Å². The molecule has 0 unspecified atom stereocenters. The minimum absolute atomic E-state index is 0.158. The van der Waals surface area contributed by atoms with E-state index >= 15 is 0 Å². The summed E-state index contributed by atoms with van der Waals surface area (Å²) in [5.41, 5.74) is 1.03. The van der Waals surface area contributed by atoms with E-state index in [2.05, 4.69) is 5.32 Å². The standard InChI is InChI=1S/C18H20Cl2N2O4S/c1-3-26-16-6-4-5-15(10-16)22(27(2,24)25)12-18(23)21-11-13-7-8-14(19)9-17(13)20/h4-10H,3,11-12H2,1-2H3,(H,21,23). The number of nitrogens with zero attached hydrogens (tertiary/aromatic N) is 1. The molecule has 2 aromatic carbocycles. The maximum atomic E-state index is 12.3. The van der Waals surface area contributed by atoms with Crippen LogP contribution in [0.4, 0.5) is 5.69 Å². The highest BCUT2D eigenvalue weighted by atomic mass is 35.5. The van der Waals surface area contributed by atoms with Crippen molar-refractivity contribution in [2.75, 3.05) is 23.7 Å². The zero-order chi connectivity index (χ0) is 20.0. The second kappa shape index (κ2) is 9.30. The molecule has 0 spiro atoms. The summed E-state index contributed by atoms with van der Waals surface area (Å²) in [4.78, 5) is 12.3. The van der Waals surface area contributed by atoms with Gasteiger partial charge >= 0.3 is 0 Å². The van der Waals surface area contributed by atoms with Crippen LogP contribution in [0, 0.1) is 0 Å². The summed E-state index contributed by atoms with van der Waals surface area (Å²) < 4.78 is 30.8. The fourth-order valence-electron chi connectivity index (χ4n) is 2.34. The highest BCUT2D eigenvalue weighted by molar-refractivity contribution is 7.92. The van der Waals surface area contributed by atoms with Crippen LogP contribution in [-0.2, 0) is 21.4 Å². The minimum Gasteiger partial charge on any atom is -0.494 e. The fraction of sp³-hybridized carbons (Fsp3) is 0.278. The molecule has 6 nitrogen and oxygen atoms in total. The summed E-state index contributed by atoms with van der Waals surface area (Å²) in [6.45, 7) is 2.08. The van der Waals surface area contributed by atoms with Gasteiger partial charge in [0.15, 0.2) is 0 Å². The lowest BCUT2D eigenvalue weighted by Gasteiger charge is -2.22. The van der Waals surface area contributed by atoms with Crippen molar-refractivity contribution in [3.8, 4) is 5.75 Å². The number of sulfonamides is 1. The van der Waals surface area contributed by atoms with Crippen molar-refractivity contribution in [2.45, 2.75) is 13.5 Å². The molecule has 2 aromatic rings. The number of carbonyl (C=O) groups excluding carboxylic acids is 1. The first kappa shape index (κ1) is 21.3. The number of anilines is 1. The SMILES string of the molecule is CCOc1cccc(N(CC(=O)NCc2ccc(Cl)cc2Cl)S(C)(=O)=O)c1. The van der Waals surface area contributed by atoms with E-state index in [1.54, 1.807) is 42.5 Å². The summed E-state index contributed by atoms with van der Waals surface area (Å²) >= 11 is 11.9. The Bertz CT molecular complexity index is 919. The van der Waals surface area contributed by atoms with Crippen LogP contribution < -0.4 is 14.4 Å². The van der Waals surface area contributed by atoms with Gasteiger partial charge in [-0.25, -0.2) is 8.42 Å². The molecule has 146 valence electrons. The Morgan fingerprint density at radius 2 is 1.93 bits per heavy atom. The number of nitrogens with one attached hydrogen (secondary N) is 1. The van der Waals surface area contributed by atoms with E-state index in [1.807, 2.05) is 6.92 Å². The van der Waals surface area contributed by atoms with Crippen LogP contribution in [0.25, 0.3) is 0 Å². The van der Waals surface area contributed by atoms with Crippen molar-refractivity contribution in [1.29, 1.82) is 0 Å². The van der Waals surface area contributed by atoms with Crippen LogP contribution in [0.1, 0.15) is 12.5 Å². The van der Waals surface area contributed by atoms with Crippen molar-refractivity contribution in [1.82, 2.24) is 5.32 Å². The van der Waals surface area contributed by atoms with E-state index < -0.39 is 15.9 Å². The Morgan fingerprint density at radius 1 is 1.19 bits per heavy atom. The zero-order valence-corrected chi connectivity index (χ0v) is 17.2. The molecule has 0 heterocycles. The maximum absolute atomic E-state index is 12.3. The van der Waals surface area contributed by atoms with Crippen molar-refractivity contribution in [2.24, 2.45) is 0 Å².